The Balaban J connectivity index is 0.000000179. The molecule has 2 fully saturated rings. The predicted molar refractivity (Wildman–Crippen MR) is 251 cm³/mol. The monoisotopic (exact) mass is 886 g/mol. The van der Waals surface area contributed by atoms with Gasteiger partial charge in [-0.15, -0.1) is 0 Å². The Bertz CT molecular complexity index is 2480. The van der Waals surface area contributed by atoms with E-state index in [1.54, 1.807) is 51.6 Å². The number of rotatable bonds is 14. The number of hydrogen-bond donors (Lipinski definition) is 2. The summed E-state index contributed by atoms with van der Waals surface area (Å²) in [6.07, 6.45) is 4.19. The summed E-state index contributed by atoms with van der Waals surface area (Å²) in [6.45, 7) is 13.3. The van der Waals surface area contributed by atoms with Crippen LogP contribution in [-0.2, 0) is 24.3 Å². The lowest BCUT2D eigenvalue weighted by Crippen LogP contribution is -2.44. The number of nitrogens with zero attached hydrogens (tertiary/aromatic N) is 6. The molecule has 4 aromatic carbocycles. The van der Waals surface area contributed by atoms with Gasteiger partial charge in [0.25, 0.3) is 0 Å². The third kappa shape index (κ3) is 13.9. The number of likely N-dealkylation sites (N-methyl/N-ethyl adjacent to an activating group) is 2. The highest BCUT2D eigenvalue weighted by atomic mass is 35.5. The minimum absolute atomic E-state index is 0.265. The zero-order valence-corrected chi connectivity index (χ0v) is 37.5. The lowest BCUT2D eigenvalue weighted by Gasteiger charge is -2.32. The van der Waals surface area contributed by atoms with E-state index in [-0.39, 0.29) is 5.78 Å². The molecule has 13 nitrogen and oxygen atoms in total. The van der Waals surface area contributed by atoms with Crippen LogP contribution in [0.2, 0.25) is 10.0 Å². The van der Waals surface area contributed by atoms with Gasteiger partial charge in [0.1, 0.15) is 5.78 Å². The molecule has 8 rings (SSSR count). The first-order chi connectivity index (χ1) is 29.9. The summed E-state index contributed by atoms with van der Waals surface area (Å²) in [5.74, 6) is -0.551. The molecule has 2 aliphatic heterocycles. The second-order valence-electron chi connectivity index (χ2n) is 16.3. The first-order valence-corrected chi connectivity index (χ1v) is 22.2. The quantitative estimate of drug-likeness (QED) is 0.0939. The second kappa shape index (κ2) is 23.1. The van der Waals surface area contributed by atoms with Crippen molar-refractivity contribution >= 4 is 56.9 Å². The number of ketones is 1. The standard InChI is InChI=1S/C25H30ClN3O3.C14H11ClN2O2.C8H19N3/c1-27-11-13-28(14-12-27)10-3-2-7-22(30)16-19-5-4-6-20(15-19)18-29-23-9-8-21(26)17-24(23)32-25(29)31;15-10-4-5-12-13(7-10)19-14(18)17(12)8-9-2-1-3-11(16)6-9;1-10-5-7-11(8-6-10)4-2-3-9/h4-6,8-9,15,17H,2-3,7,10-14,16,18H2,1H3;1-7H,8,16H2;2-9H2,1H3. The van der Waals surface area contributed by atoms with Crippen molar-refractivity contribution in [1.29, 1.82) is 0 Å². The SMILES string of the molecule is CN1CCN(CCCCC(=O)Cc2cccc(Cn3c(=O)oc4cc(Cl)ccc43)c2)CC1.CN1CCN(CCCN)CC1.Nc1cccc(Cn2c(=O)oc3cc(Cl)ccc32)c1. The molecule has 0 unspecified atom stereocenters. The Kier molecular flexibility index (Phi) is 17.4. The van der Waals surface area contributed by atoms with E-state index in [1.807, 2.05) is 42.5 Å². The Hall–Kier alpha value is -4.73. The topological polar surface area (TPSA) is 152 Å². The van der Waals surface area contributed by atoms with Crippen molar-refractivity contribution in [3.63, 3.8) is 0 Å². The highest BCUT2D eigenvalue weighted by molar-refractivity contribution is 6.31. The molecule has 62 heavy (non-hydrogen) atoms. The summed E-state index contributed by atoms with van der Waals surface area (Å²) in [7, 11) is 4.34. The Labute approximate surface area is 373 Å². The Morgan fingerprint density at radius 3 is 1.61 bits per heavy atom. The molecule has 0 radical (unpaired) electrons. The molecule has 0 saturated carbocycles. The van der Waals surface area contributed by atoms with Gasteiger partial charge in [-0.2, -0.15) is 0 Å². The maximum atomic E-state index is 12.5. The predicted octanol–water partition coefficient (Wildman–Crippen LogP) is 6.29. The van der Waals surface area contributed by atoms with Gasteiger partial charge in [0.15, 0.2) is 11.2 Å². The summed E-state index contributed by atoms with van der Waals surface area (Å²) in [5.41, 5.74) is 17.1. The van der Waals surface area contributed by atoms with E-state index in [4.69, 9.17) is 43.5 Å². The van der Waals surface area contributed by atoms with Crippen LogP contribution in [0.25, 0.3) is 22.2 Å². The average molecular weight is 888 g/mol. The fraction of sp³-hybridized carbons (Fsp3) is 0.426. The van der Waals surface area contributed by atoms with E-state index >= 15 is 0 Å². The number of unbranched alkanes of at least 4 members (excludes halogenated alkanes) is 1. The zero-order valence-electron chi connectivity index (χ0n) is 35.9. The molecular weight excluding hydrogens is 827 g/mol. The van der Waals surface area contributed by atoms with Crippen LogP contribution in [0.1, 0.15) is 42.4 Å². The number of nitrogens with two attached hydrogens (primary N) is 2. The van der Waals surface area contributed by atoms with Crippen LogP contribution in [0.4, 0.5) is 5.69 Å². The Morgan fingerprint density at radius 2 is 1.10 bits per heavy atom. The summed E-state index contributed by atoms with van der Waals surface area (Å²) >= 11 is 11.9. The van der Waals surface area contributed by atoms with Crippen LogP contribution in [0, 0.1) is 0 Å². The van der Waals surface area contributed by atoms with Gasteiger partial charge in [-0.25, -0.2) is 9.59 Å². The van der Waals surface area contributed by atoms with E-state index in [9.17, 15) is 14.4 Å². The molecule has 0 amide bonds. The molecule has 4 heterocycles. The molecule has 0 bridgehead atoms. The highest BCUT2D eigenvalue weighted by Crippen LogP contribution is 2.21. The molecule has 0 atom stereocenters. The van der Waals surface area contributed by atoms with Crippen LogP contribution >= 0.6 is 23.2 Å². The lowest BCUT2D eigenvalue weighted by molar-refractivity contribution is -0.118. The van der Waals surface area contributed by atoms with Crippen molar-refractivity contribution in [3.05, 3.63) is 133 Å². The van der Waals surface area contributed by atoms with Crippen molar-refractivity contribution in [2.24, 2.45) is 5.73 Å². The van der Waals surface area contributed by atoms with Gasteiger partial charge in [0, 0.05) is 93.1 Å². The van der Waals surface area contributed by atoms with Crippen LogP contribution in [0.3, 0.4) is 0 Å². The smallest absolute Gasteiger partial charge is 0.408 e. The van der Waals surface area contributed by atoms with Crippen LogP contribution in [-0.4, -0.2) is 121 Å². The summed E-state index contributed by atoms with van der Waals surface area (Å²) in [5, 5.41) is 1.07. The molecule has 4 N–H and O–H groups in total. The van der Waals surface area contributed by atoms with Crippen molar-refractivity contribution in [1.82, 2.24) is 28.7 Å². The van der Waals surface area contributed by atoms with E-state index < -0.39 is 11.5 Å². The number of anilines is 1. The molecular formula is C47H60Cl2N8O5. The van der Waals surface area contributed by atoms with Gasteiger partial charge < -0.3 is 39.9 Å². The number of benzene rings is 4. The average Bonchev–Trinajstić information content (AvgIpc) is 3.72. The number of oxazole rings is 2. The fourth-order valence-corrected chi connectivity index (χ4v) is 8.03. The largest absolute Gasteiger partial charge is 0.420 e. The molecule has 15 heteroatoms. The van der Waals surface area contributed by atoms with Crippen molar-refractivity contribution < 1.29 is 13.6 Å². The van der Waals surface area contributed by atoms with Crippen LogP contribution in [0.15, 0.2) is 103 Å². The minimum atomic E-state index is -0.413. The minimum Gasteiger partial charge on any atom is -0.408 e. The number of carbonyl (C=O) groups is 1. The van der Waals surface area contributed by atoms with Gasteiger partial charge in [-0.1, -0.05) is 59.6 Å². The van der Waals surface area contributed by atoms with Gasteiger partial charge in [-0.05, 0) is 106 Å². The zero-order chi connectivity index (χ0) is 44.0. The molecule has 2 aliphatic rings. The maximum absolute atomic E-state index is 12.5. The van der Waals surface area contributed by atoms with Crippen molar-refractivity contribution in [2.75, 3.05) is 91.8 Å². The molecule has 2 saturated heterocycles. The number of aromatic nitrogens is 2. The van der Waals surface area contributed by atoms with E-state index in [2.05, 4.69) is 33.7 Å². The summed E-state index contributed by atoms with van der Waals surface area (Å²) in [4.78, 5) is 46.4. The van der Waals surface area contributed by atoms with E-state index in [0.29, 0.717) is 58.3 Å². The van der Waals surface area contributed by atoms with Gasteiger partial charge in [0.05, 0.1) is 24.1 Å². The van der Waals surface area contributed by atoms with Crippen LogP contribution < -0.4 is 23.0 Å². The number of halogens is 2. The fourth-order valence-electron chi connectivity index (χ4n) is 7.71. The van der Waals surface area contributed by atoms with Crippen molar-refractivity contribution in [3.8, 4) is 0 Å². The molecule has 0 aliphatic carbocycles. The first-order valence-electron chi connectivity index (χ1n) is 21.5. The second-order valence-corrected chi connectivity index (χ2v) is 17.2. The highest BCUT2D eigenvalue weighted by Gasteiger charge is 2.15. The molecule has 6 aromatic rings. The lowest BCUT2D eigenvalue weighted by atomic mass is 10.0. The molecule has 0 spiro atoms. The first kappa shape index (κ1) is 46.8. The number of hydrogen-bond acceptors (Lipinski definition) is 11. The molecule has 2 aromatic heterocycles. The number of carbonyl (C=O) groups excluding carboxylic acids is 1. The van der Waals surface area contributed by atoms with Crippen LogP contribution in [0.5, 0.6) is 0 Å². The third-order valence-electron chi connectivity index (χ3n) is 11.3. The molecule has 332 valence electrons. The van der Waals surface area contributed by atoms with Gasteiger partial charge >= 0.3 is 11.5 Å². The number of fused-ring (bicyclic) bond motifs is 2. The summed E-state index contributed by atoms with van der Waals surface area (Å²) in [6, 6.07) is 25.6. The van der Waals surface area contributed by atoms with E-state index in [0.717, 1.165) is 80.7 Å². The third-order valence-corrected chi connectivity index (χ3v) is 11.8. The number of nitrogen functional groups attached to an aromatic ring is 1. The van der Waals surface area contributed by atoms with Gasteiger partial charge in [-0.3, -0.25) is 13.9 Å². The Morgan fingerprint density at radius 1 is 0.613 bits per heavy atom. The number of piperazine rings is 2. The normalized spacial score (nSPS) is 15.3. The maximum Gasteiger partial charge on any atom is 0.420 e. The van der Waals surface area contributed by atoms with Crippen molar-refractivity contribution in [2.45, 2.75) is 45.2 Å². The van der Waals surface area contributed by atoms with Gasteiger partial charge in [0.2, 0.25) is 0 Å². The number of Topliss-reactive ketones (excluding diaryl/α,β-unsaturated/α-hetero) is 1. The summed E-state index contributed by atoms with van der Waals surface area (Å²) < 4.78 is 13.6. The van der Waals surface area contributed by atoms with E-state index in [1.165, 1.54) is 32.7 Å².